The molecule has 0 saturated carbocycles. The Morgan fingerprint density at radius 1 is 1.47 bits per heavy atom. The Hall–Kier alpha value is -1.72. The lowest BCUT2D eigenvalue weighted by atomic mass is 10.2. The molecule has 0 aliphatic carbocycles. The molecule has 0 aromatic heterocycles. The molecule has 0 radical (unpaired) electrons. The molecular weight excluding hydrogens is 204 g/mol. The van der Waals surface area contributed by atoms with Gasteiger partial charge in [0.1, 0.15) is 5.57 Å². The largest absolute Gasteiger partial charge is 0.516 e. The lowest BCUT2D eigenvalue weighted by molar-refractivity contribution is -0.138. The third-order valence-corrected chi connectivity index (χ3v) is 1.70. The number of ether oxygens (including phenoxy) is 4. The van der Waals surface area contributed by atoms with E-state index in [1.54, 1.807) is 6.92 Å². The number of rotatable bonds is 3. The highest BCUT2D eigenvalue weighted by Crippen LogP contribution is 2.21. The van der Waals surface area contributed by atoms with Crippen molar-refractivity contribution in [2.24, 2.45) is 0 Å². The van der Waals surface area contributed by atoms with E-state index < -0.39 is 12.1 Å². The summed E-state index contributed by atoms with van der Waals surface area (Å²) in [6.07, 6.45) is -0.556. The summed E-state index contributed by atoms with van der Waals surface area (Å²) < 4.78 is 18.6. The van der Waals surface area contributed by atoms with E-state index in [0.29, 0.717) is 13.0 Å². The van der Waals surface area contributed by atoms with Crippen LogP contribution in [0, 0.1) is 0 Å². The van der Waals surface area contributed by atoms with Gasteiger partial charge in [-0.05, 0) is 6.92 Å². The number of esters is 1. The van der Waals surface area contributed by atoms with E-state index in [4.69, 9.17) is 9.47 Å². The molecule has 1 rings (SSSR count). The van der Waals surface area contributed by atoms with Crippen molar-refractivity contribution >= 4 is 12.1 Å². The average Bonchev–Trinajstić information content (AvgIpc) is 2.66. The summed E-state index contributed by atoms with van der Waals surface area (Å²) in [5.74, 6) is -0.658. The fraction of sp³-hybridized carbons (Fsp3) is 0.556. The molecule has 0 aromatic carbocycles. The van der Waals surface area contributed by atoms with Crippen LogP contribution in [0.15, 0.2) is 11.5 Å². The summed E-state index contributed by atoms with van der Waals surface area (Å²) in [5.41, 5.74) is 0.224. The van der Waals surface area contributed by atoms with Gasteiger partial charge in [0.25, 0.3) is 0 Å². The Bertz CT molecular complexity index is 293. The van der Waals surface area contributed by atoms with E-state index in [1.807, 2.05) is 0 Å². The Kier molecular flexibility index (Phi) is 3.96. The van der Waals surface area contributed by atoms with E-state index in [9.17, 15) is 9.59 Å². The van der Waals surface area contributed by atoms with Gasteiger partial charge in [0.15, 0.2) is 0 Å². The van der Waals surface area contributed by atoms with Crippen LogP contribution in [-0.4, -0.2) is 32.4 Å². The Labute approximate surface area is 86.7 Å². The minimum Gasteiger partial charge on any atom is -0.464 e. The number of carbonyl (C=O) groups excluding carboxylic acids is 2. The zero-order valence-corrected chi connectivity index (χ0v) is 8.57. The van der Waals surface area contributed by atoms with Crippen LogP contribution in [0.2, 0.25) is 0 Å². The normalized spacial score (nSPS) is 14.5. The topological polar surface area (TPSA) is 71.1 Å². The summed E-state index contributed by atoms with van der Waals surface area (Å²) in [4.78, 5) is 22.1. The Morgan fingerprint density at radius 3 is 2.80 bits per heavy atom. The maximum Gasteiger partial charge on any atom is 0.516 e. The van der Waals surface area contributed by atoms with Crippen LogP contribution in [0.25, 0.3) is 0 Å². The minimum atomic E-state index is -0.923. The number of hydrogen-bond acceptors (Lipinski definition) is 6. The number of hydrogen-bond donors (Lipinski definition) is 0. The summed E-state index contributed by atoms with van der Waals surface area (Å²) in [5, 5.41) is 0. The van der Waals surface area contributed by atoms with E-state index in [1.165, 1.54) is 7.11 Å². The standard InChI is InChI=1S/C9H12O6/c1-3-13-7(10)6-4-5-14-8(6)15-9(11)12-2/h3-5H2,1-2H3. The molecule has 0 bridgehead atoms. The van der Waals surface area contributed by atoms with Crippen LogP contribution in [-0.2, 0) is 23.7 Å². The zero-order chi connectivity index (χ0) is 11.3. The smallest absolute Gasteiger partial charge is 0.464 e. The van der Waals surface area contributed by atoms with Gasteiger partial charge in [0.05, 0.1) is 20.3 Å². The van der Waals surface area contributed by atoms with Crippen LogP contribution >= 0.6 is 0 Å². The first-order valence-corrected chi connectivity index (χ1v) is 4.48. The highest BCUT2D eigenvalue weighted by molar-refractivity contribution is 5.89. The molecule has 0 fully saturated rings. The van der Waals surface area contributed by atoms with Crippen molar-refractivity contribution in [1.29, 1.82) is 0 Å². The fourth-order valence-corrected chi connectivity index (χ4v) is 1.05. The van der Waals surface area contributed by atoms with Gasteiger partial charge in [-0.15, -0.1) is 0 Å². The second kappa shape index (κ2) is 5.23. The van der Waals surface area contributed by atoms with Crippen molar-refractivity contribution in [1.82, 2.24) is 0 Å². The highest BCUT2D eigenvalue weighted by Gasteiger charge is 2.27. The average molecular weight is 216 g/mol. The van der Waals surface area contributed by atoms with Crippen molar-refractivity contribution in [2.75, 3.05) is 20.3 Å². The van der Waals surface area contributed by atoms with Crippen LogP contribution < -0.4 is 0 Å². The Morgan fingerprint density at radius 2 is 2.20 bits per heavy atom. The van der Waals surface area contributed by atoms with Crippen LogP contribution in [0.1, 0.15) is 13.3 Å². The van der Waals surface area contributed by atoms with Crippen LogP contribution in [0.3, 0.4) is 0 Å². The molecule has 6 nitrogen and oxygen atoms in total. The minimum absolute atomic E-state index is 0.125. The molecule has 0 atom stereocenters. The van der Waals surface area contributed by atoms with Gasteiger partial charge in [-0.3, -0.25) is 0 Å². The number of carbonyl (C=O) groups is 2. The second-order valence-corrected chi connectivity index (χ2v) is 2.64. The van der Waals surface area contributed by atoms with Gasteiger partial charge < -0.3 is 18.9 Å². The molecule has 0 spiro atoms. The zero-order valence-electron chi connectivity index (χ0n) is 8.57. The molecule has 0 saturated heterocycles. The van der Waals surface area contributed by atoms with Gasteiger partial charge in [0, 0.05) is 6.42 Å². The molecular formula is C9H12O6. The molecule has 6 heteroatoms. The van der Waals surface area contributed by atoms with E-state index in [2.05, 4.69) is 9.47 Å². The first-order chi connectivity index (χ1) is 7.19. The van der Waals surface area contributed by atoms with Gasteiger partial charge in [-0.1, -0.05) is 0 Å². The lowest BCUT2D eigenvalue weighted by Gasteiger charge is -2.05. The SMILES string of the molecule is CCOC(=O)C1=C(OC(=O)OC)OCC1. The van der Waals surface area contributed by atoms with Gasteiger partial charge in [-0.2, -0.15) is 0 Å². The fourth-order valence-electron chi connectivity index (χ4n) is 1.05. The molecule has 84 valence electrons. The predicted octanol–water partition coefficient (Wildman–Crippen LogP) is 0.964. The first kappa shape index (κ1) is 11.4. The summed E-state index contributed by atoms with van der Waals surface area (Å²) in [7, 11) is 1.17. The summed E-state index contributed by atoms with van der Waals surface area (Å²) in [6.45, 7) is 2.24. The molecule has 1 aliphatic heterocycles. The lowest BCUT2D eigenvalue weighted by Crippen LogP contribution is -2.11. The molecule has 0 N–H and O–H groups in total. The van der Waals surface area contributed by atoms with Crippen molar-refractivity contribution in [3.8, 4) is 0 Å². The van der Waals surface area contributed by atoms with Crippen molar-refractivity contribution < 1.29 is 28.5 Å². The molecule has 15 heavy (non-hydrogen) atoms. The van der Waals surface area contributed by atoms with Gasteiger partial charge in [0.2, 0.25) is 0 Å². The molecule has 0 amide bonds. The van der Waals surface area contributed by atoms with Crippen molar-refractivity contribution in [2.45, 2.75) is 13.3 Å². The van der Waals surface area contributed by atoms with Gasteiger partial charge in [-0.25, -0.2) is 9.59 Å². The quantitative estimate of drug-likeness (QED) is 0.654. The second-order valence-electron chi connectivity index (χ2n) is 2.64. The monoisotopic (exact) mass is 216 g/mol. The van der Waals surface area contributed by atoms with E-state index in [0.717, 1.165) is 0 Å². The number of methoxy groups -OCH3 is 1. The van der Waals surface area contributed by atoms with Crippen LogP contribution in [0.5, 0.6) is 0 Å². The molecule has 1 heterocycles. The van der Waals surface area contributed by atoms with Gasteiger partial charge >= 0.3 is 18.1 Å². The van der Waals surface area contributed by atoms with Crippen molar-refractivity contribution in [3.05, 3.63) is 11.5 Å². The predicted molar refractivity (Wildman–Crippen MR) is 47.7 cm³/mol. The summed E-state index contributed by atoms with van der Waals surface area (Å²) in [6, 6.07) is 0. The van der Waals surface area contributed by atoms with E-state index >= 15 is 0 Å². The third kappa shape index (κ3) is 2.87. The third-order valence-electron chi connectivity index (χ3n) is 1.70. The summed E-state index contributed by atoms with van der Waals surface area (Å²) >= 11 is 0. The van der Waals surface area contributed by atoms with Crippen molar-refractivity contribution in [3.63, 3.8) is 0 Å². The molecule has 0 unspecified atom stereocenters. The molecule has 0 aromatic rings. The molecule has 1 aliphatic rings. The maximum atomic E-state index is 11.3. The Balaban J connectivity index is 2.69. The van der Waals surface area contributed by atoms with Crippen LogP contribution in [0.4, 0.5) is 4.79 Å². The maximum absolute atomic E-state index is 11.3. The first-order valence-electron chi connectivity index (χ1n) is 4.48. The van der Waals surface area contributed by atoms with E-state index in [-0.39, 0.29) is 18.1 Å². The highest BCUT2D eigenvalue weighted by atomic mass is 16.8.